The zero-order valence-electron chi connectivity index (χ0n) is 8.92. The van der Waals surface area contributed by atoms with Crippen LogP contribution in [0, 0.1) is 17.5 Å². The van der Waals surface area contributed by atoms with Crippen LogP contribution in [0.25, 0.3) is 0 Å². The number of hydrogen-bond acceptors (Lipinski definition) is 2. The lowest BCUT2D eigenvalue weighted by Crippen LogP contribution is -2.45. The number of piperidine rings is 1. The fourth-order valence-corrected chi connectivity index (χ4v) is 2.05. The standard InChI is InChI=1S/C11H11F3N2O/c12-6-4-8(13)10(9(14)5-6)7-2-1-3-16(15)11(7)17/h4-5,7H,1-3,15H2. The van der Waals surface area contributed by atoms with Crippen molar-refractivity contribution in [2.24, 2.45) is 5.84 Å². The highest BCUT2D eigenvalue weighted by Crippen LogP contribution is 2.31. The van der Waals surface area contributed by atoms with Gasteiger partial charge in [0.05, 0.1) is 5.92 Å². The Bertz CT molecular complexity index is 441. The van der Waals surface area contributed by atoms with Crippen molar-refractivity contribution in [2.75, 3.05) is 6.54 Å². The van der Waals surface area contributed by atoms with Crippen molar-refractivity contribution in [1.29, 1.82) is 0 Å². The third-order valence-electron chi connectivity index (χ3n) is 2.87. The summed E-state index contributed by atoms with van der Waals surface area (Å²) in [6.07, 6.45) is 0.870. The van der Waals surface area contributed by atoms with Gasteiger partial charge in [0.15, 0.2) is 0 Å². The van der Waals surface area contributed by atoms with Crippen LogP contribution in [-0.4, -0.2) is 17.5 Å². The van der Waals surface area contributed by atoms with E-state index in [9.17, 15) is 18.0 Å². The minimum atomic E-state index is -1.05. The molecule has 0 saturated carbocycles. The van der Waals surface area contributed by atoms with E-state index < -0.39 is 34.8 Å². The molecule has 92 valence electrons. The molecule has 1 aromatic rings. The van der Waals surface area contributed by atoms with Crippen LogP contribution in [-0.2, 0) is 4.79 Å². The molecule has 1 amide bonds. The van der Waals surface area contributed by atoms with Gasteiger partial charge < -0.3 is 0 Å². The molecule has 1 unspecified atom stereocenters. The van der Waals surface area contributed by atoms with Crippen LogP contribution in [0.5, 0.6) is 0 Å². The second-order valence-electron chi connectivity index (χ2n) is 4.01. The third-order valence-corrected chi connectivity index (χ3v) is 2.87. The Morgan fingerprint density at radius 2 is 1.82 bits per heavy atom. The summed E-state index contributed by atoms with van der Waals surface area (Å²) in [4.78, 5) is 11.7. The van der Waals surface area contributed by atoms with Gasteiger partial charge in [-0.15, -0.1) is 0 Å². The van der Waals surface area contributed by atoms with Gasteiger partial charge in [-0.25, -0.2) is 19.0 Å². The van der Waals surface area contributed by atoms with Crippen molar-refractivity contribution in [3.05, 3.63) is 35.1 Å². The third kappa shape index (κ3) is 2.12. The van der Waals surface area contributed by atoms with Crippen molar-refractivity contribution in [3.8, 4) is 0 Å². The molecule has 1 heterocycles. The molecule has 1 aromatic carbocycles. The zero-order chi connectivity index (χ0) is 12.6. The van der Waals surface area contributed by atoms with Gasteiger partial charge in [-0.3, -0.25) is 9.80 Å². The highest BCUT2D eigenvalue weighted by molar-refractivity contribution is 5.84. The van der Waals surface area contributed by atoms with Gasteiger partial charge in [0, 0.05) is 24.2 Å². The molecule has 1 atom stereocenters. The smallest absolute Gasteiger partial charge is 0.244 e. The Morgan fingerprint density at radius 1 is 1.24 bits per heavy atom. The van der Waals surface area contributed by atoms with Gasteiger partial charge in [0.2, 0.25) is 5.91 Å². The predicted molar refractivity (Wildman–Crippen MR) is 54.2 cm³/mol. The molecule has 3 nitrogen and oxygen atoms in total. The lowest BCUT2D eigenvalue weighted by Gasteiger charge is -2.29. The first-order valence-corrected chi connectivity index (χ1v) is 5.21. The molecule has 1 aliphatic rings. The van der Waals surface area contributed by atoms with Crippen LogP contribution in [0.4, 0.5) is 13.2 Å². The molecule has 1 aliphatic heterocycles. The van der Waals surface area contributed by atoms with Gasteiger partial charge in [-0.1, -0.05) is 0 Å². The zero-order valence-corrected chi connectivity index (χ0v) is 8.92. The monoisotopic (exact) mass is 244 g/mol. The highest BCUT2D eigenvalue weighted by Gasteiger charge is 2.32. The molecule has 1 saturated heterocycles. The first-order valence-electron chi connectivity index (χ1n) is 5.21. The van der Waals surface area contributed by atoms with E-state index in [-0.39, 0.29) is 0 Å². The molecule has 0 aliphatic carbocycles. The van der Waals surface area contributed by atoms with E-state index in [2.05, 4.69) is 0 Å². The lowest BCUT2D eigenvalue weighted by atomic mass is 9.89. The van der Waals surface area contributed by atoms with Gasteiger partial charge >= 0.3 is 0 Å². The van der Waals surface area contributed by atoms with E-state index in [1.165, 1.54) is 0 Å². The largest absolute Gasteiger partial charge is 0.280 e. The number of halogens is 3. The molecule has 6 heteroatoms. The second kappa shape index (κ2) is 4.37. The number of amides is 1. The number of benzene rings is 1. The van der Waals surface area contributed by atoms with Gasteiger partial charge in [0.25, 0.3) is 0 Å². The van der Waals surface area contributed by atoms with Crippen LogP contribution < -0.4 is 5.84 Å². The summed E-state index contributed by atoms with van der Waals surface area (Å²) >= 11 is 0. The van der Waals surface area contributed by atoms with Crippen molar-refractivity contribution < 1.29 is 18.0 Å². The van der Waals surface area contributed by atoms with E-state index in [1.807, 2.05) is 0 Å². The molecular weight excluding hydrogens is 233 g/mol. The van der Waals surface area contributed by atoms with E-state index in [0.717, 1.165) is 5.01 Å². The summed E-state index contributed by atoms with van der Waals surface area (Å²) < 4.78 is 39.8. The fourth-order valence-electron chi connectivity index (χ4n) is 2.05. The van der Waals surface area contributed by atoms with Crippen LogP contribution in [0.15, 0.2) is 12.1 Å². The van der Waals surface area contributed by atoms with Crippen molar-refractivity contribution in [1.82, 2.24) is 5.01 Å². The number of carbonyl (C=O) groups excluding carboxylic acids is 1. The molecule has 2 rings (SSSR count). The average Bonchev–Trinajstić information content (AvgIpc) is 2.23. The van der Waals surface area contributed by atoms with Crippen LogP contribution in [0.3, 0.4) is 0 Å². The maximum Gasteiger partial charge on any atom is 0.244 e. The maximum atomic E-state index is 13.5. The highest BCUT2D eigenvalue weighted by atomic mass is 19.1. The second-order valence-corrected chi connectivity index (χ2v) is 4.01. The average molecular weight is 244 g/mol. The molecule has 0 spiro atoms. The summed E-state index contributed by atoms with van der Waals surface area (Å²) in [7, 11) is 0. The number of hydrogen-bond donors (Lipinski definition) is 1. The Labute approximate surface area is 96.0 Å². The first kappa shape index (κ1) is 11.9. The predicted octanol–water partition coefficient (Wildman–Crippen LogP) is 1.68. The molecular formula is C11H11F3N2O. The van der Waals surface area contributed by atoms with Crippen LogP contribution >= 0.6 is 0 Å². The minimum Gasteiger partial charge on any atom is -0.280 e. The summed E-state index contributed by atoms with van der Waals surface area (Å²) in [5, 5.41) is 0.941. The normalized spacial score (nSPS) is 20.8. The van der Waals surface area contributed by atoms with Gasteiger partial charge in [-0.05, 0) is 12.8 Å². The summed E-state index contributed by atoms with van der Waals surface area (Å²) in [6.45, 7) is 0.361. The Morgan fingerprint density at radius 3 is 2.41 bits per heavy atom. The number of carbonyl (C=O) groups is 1. The number of rotatable bonds is 1. The number of hydrazine groups is 1. The Hall–Kier alpha value is -1.56. The topological polar surface area (TPSA) is 46.3 Å². The van der Waals surface area contributed by atoms with Crippen LogP contribution in [0.2, 0.25) is 0 Å². The summed E-state index contributed by atoms with van der Waals surface area (Å²) in [5.41, 5.74) is -0.397. The molecule has 0 bridgehead atoms. The quantitative estimate of drug-likeness (QED) is 0.603. The van der Waals surface area contributed by atoms with E-state index in [1.54, 1.807) is 0 Å². The van der Waals surface area contributed by atoms with Gasteiger partial charge in [-0.2, -0.15) is 0 Å². The summed E-state index contributed by atoms with van der Waals surface area (Å²) in [5.74, 6) is 0.803. The van der Waals surface area contributed by atoms with Gasteiger partial charge in [0.1, 0.15) is 17.5 Å². The van der Waals surface area contributed by atoms with Crippen LogP contribution in [0.1, 0.15) is 24.3 Å². The van der Waals surface area contributed by atoms with E-state index in [0.29, 0.717) is 31.5 Å². The van der Waals surface area contributed by atoms with E-state index in [4.69, 9.17) is 5.84 Å². The van der Waals surface area contributed by atoms with Crippen molar-refractivity contribution in [3.63, 3.8) is 0 Å². The maximum absolute atomic E-state index is 13.5. The molecule has 17 heavy (non-hydrogen) atoms. The number of nitrogens with zero attached hydrogens (tertiary/aromatic N) is 1. The first-order chi connectivity index (χ1) is 8.00. The molecule has 1 fully saturated rings. The Kier molecular flexibility index (Phi) is 3.06. The Balaban J connectivity index is 2.43. The molecule has 0 radical (unpaired) electrons. The SMILES string of the molecule is NN1CCCC(c2c(F)cc(F)cc2F)C1=O. The molecule has 0 aromatic heterocycles. The summed E-state index contributed by atoms with van der Waals surface area (Å²) in [6, 6.07) is 1.14. The van der Waals surface area contributed by atoms with Crippen molar-refractivity contribution >= 4 is 5.91 Å². The number of nitrogens with two attached hydrogens (primary N) is 1. The molecule has 2 N–H and O–H groups in total. The fraction of sp³-hybridized carbons (Fsp3) is 0.364. The van der Waals surface area contributed by atoms with Crippen molar-refractivity contribution in [2.45, 2.75) is 18.8 Å². The minimum absolute atomic E-state index is 0.312. The van der Waals surface area contributed by atoms with E-state index >= 15 is 0 Å². The lowest BCUT2D eigenvalue weighted by molar-refractivity contribution is -0.135.